The first-order chi connectivity index (χ1) is 14.5. The second kappa shape index (κ2) is 10.6. The van der Waals surface area contributed by atoms with E-state index in [0.717, 1.165) is 60.9 Å². The van der Waals surface area contributed by atoms with Crippen LogP contribution in [0.3, 0.4) is 0 Å². The number of morpholine rings is 1. The maximum absolute atomic E-state index is 12.1. The number of cyclic esters (lactones) is 1. The third-order valence-electron chi connectivity index (χ3n) is 5.73. The summed E-state index contributed by atoms with van der Waals surface area (Å²) in [6.45, 7) is 8.64. The molecule has 0 amide bonds. The van der Waals surface area contributed by atoms with Gasteiger partial charge in [-0.25, -0.2) is 4.79 Å². The minimum absolute atomic E-state index is 0.183. The summed E-state index contributed by atoms with van der Waals surface area (Å²) < 4.78 is 21.4. The van der Waals surface area contributed by atoms with Crippen LogP contribution in [0.2, 0.25) is 0 Å². The lowest BCUT2D eigenvalue weighted by Gasteiger charge is -2.26. The zero-order valence-electron chi connectivity index (χ0n) is 18.1. The SMILES string of the molecule is COc1c(C)c2c(c(C)c1C/C=C/CCC(=O)OCCN1CCOCC1)C(=O)OC2. The summed E-state index contributed by atoms with van der Waals surface area (Å²) in [5.74, 6) is 0.354. The summed E-state index contributed by atoms with van der Waals surface area (Å²) in [4.78, 5) is 26.2. The Kier molecular flexibility index (Phi) is 7.87. The van der Waals surface area contributed by atoms with Gasteiger partial charge in [-0.2, -0.15) is 0 Å². The molecule has 164 valence electrons. The molecule has 2 aliphatic rings. The molecule has 30 heavy (non-hydrogen) atoms. The molecule has 2 aliphatic heterocycles. The van der Waals surface area contributed by atoms with Gasteiger partial charge in [0, 0.05) is 37.2 Å². The van der Waals surface area contributed by atoms with Crippen molar-refractivity contribution in [3.05, 3.63) is 40.0 Å². The zero-order chi connectivity index (χ0) is 21.5. The highest BCUT2D eigenvalue weighted by Gasteiger charge is 2.29. The van der Waals surface area contributed by atoms with Crippen LogP contribution in [0.25, 0.3) is 0 Å². The van der Waals surface area contributed by atoms with Crippen LogP contribution in [0, 0.1) is 13.8 Å². The van der Waals surface area contributed by atoms with Crippen LogP contribution in [-0.2, 0) is 32.0 Å². The van der Waals surface area contributed by atoms with Gasteiger partial charge in [0.15, 0.2) is 0 Å². The molecule has 0 radical (unpaired) electrons. The van der Waals surface area contributed by atoms with E-state index in [4.69, 9.17) is 18.9 Å². The van der Waals surface area contributed by atoms with Crippen molar-refractivity contribution in [1.29, 1.82) is 0 Å². The monoisotopic (exact) mass is 417 g/mol. The molecule has 7 nitrogen and oxygen atoms in total. The van der Waals surface area contributed by atoms with Gasteiger partial charge in [0.1, 0.15) is 19.0 Å². The fourth-order valence-electron chi connectivity index (χ4n) is 3.99. The molecule has 1 aromatic rings. The van der Waals surface area contributed by atoms with Crippen LogP contribution in [0.4, 0.5) is 0 Å². The van der Waals surface area contributed by atoms with Crippen molar-refractivity contribution >= 4 is 11.9 Å². The van der Waals surface area contributed by atoms with E-state index in [-0.39, 0.29) is 11.9 Å². The van der Waals surface area contributed by atoms with E-state index >= 15 is 0 Å². The molecule has 0 unspecified atom stereocenters. The quantitative estimate of drug-likeness (QED) is 0.452. The number of nitrogens with zero attached hydrogens (tertiary/aromatic N) is 1. The first kappa shape index (κ1) is 22.3. The molecule has 0 bridgehead atoms. The largest absolute Gasteiger partial charge is 0.496 e. The smallest absolute Gasteiger partial charge is 0.339 e. The Bertz CT molecular complexity index is 811. The number of fused-ring (bicyclic) bond motifs is 1. The van der Waals surface area contributed by atoms with Gasteiger partial charge in [-0.1, -0.05) is 12.2 Å². The Labute approximate surface area is 177 Å². The van der Waals surface area contributed by atoms with E-state index in [1.807, 2.05) is 26.0 Å². The van der Waals surface area contributed by atoms with Gasteiger partial charge < -0.3 is 18.9 Å². The van der Waals surface area contributed by atoms with Gasteiger partial charge in [-0.15, -0.1) is 0 Å². The third kappa shape index (κ3) is 5.21. The van der Waals surface area contributed by atoms with Crippen LogP contribution >= 0.6 is 0 Å². The number of esters is 2. The van der Waals surface area contributed by atoms with Gasteiger partial charge in [0.2, 0.25) is 0 Å². The van der Waals surface area contributed by atoms with E-state index in [2.05, 4.69) is 4.90 Å². The van der Waals surface area contributed by atoms with Crippen molar-refractivity contribution in [3.63, 3.8) is 0 Å². The Morgan fingerprint density at radius 2 is 1.93 bits per heavy atom. The highest BCUT2D eigenvalue weighted by molar-refractivity contribution is 5.96. The van der Waals surface area contributed by atoms with Gasteiger partial charge >= 0.3 is 11.9 Å². The van der Waals surface area contributed by atoms with Crippen LogP contribution in [0.1, 0.15) is 45.5 Å². The Hall–Kier alpha value is -2.38. The topological polar surface area (TPSA) is 74.3 Å². The molecular weight excluding hydrogens is 386 g/mol. The highest BCUT2D eigenvalue weighted by atomic mass is 16.5. The molecular formula is C23H31NO6. The average molecular weight is 418 g/mol. The predicted molar refractivity (Wildman–Crippen MR) is 112 cm³/mol. The molecule has 0 spiro atoms. The van der Waals surface area contributed by atoms with Crippen molar-refractivity contribution in [1.82, 2.24) is 4.90 Å². The number of hydrogen-bond acceptors (Lipinski definition) is 7. The zero-order valence-corrected chi connectivity index (χ0v) is 18.1. The molecule has 1 saturated heterocycles. The lowest BCUT2D eigenvalue weighted by Crippen LogP contribution is -2.38. The van der Waals surface area contributed by atoms with Crippen molar-refractivity contribution in [2.75, 3.05) is 46.6 Å². The number of hydrogen-bond donors (Lipinski definition) is 0. The van der Waals surface area contributed by atoms with Gasteiger partial charge in [-0.3, -0.25) is 9.69 Å². The lowest BCUT2D eigenvalue weighted by atomic mass is 9.91. The molecule has 0 atom stereocenters. The number of methoxy groups -OCH3 is 1. The number of allylic oxidation sites excluding steroid dienone is 2. The van der Waals surface area contributed by atoms with E-state index in [1.54, 1.807) is 7.11 Å². The van der Waals surface area contributed by atoms with E-state index in [9.17, 15) is 9.59 Å². The summed E-state index contributed by atoms with van der Waals surface area (Å²) in [5, 5.41) is 0. The minimum Gasteiger partial charge on any atom is -0.496 e. The van der Waals surface area contributed by atoms with Crippen LogP contribution in [-0.4, -0.2) is 63.4 Å². The molecule has 0 aliphatic carbocycles. The van der Waals surface area contributed by atoms with Gasteiger partial charge in [-0.05, 0) is 37.8 Å². The van der Waals surface area contributed by atoms with Crippen molar-refractivity contribution < 1.29 is 28.5 Å². The van der Waals surface area contributed by atoms with Crippen molar-refractivity contribution in [2.24, 2.45) is 0 Å². The Morgan fingerprint density at radius 3 is 2.67 bits per heavy atom. The second-order valence-electron chi connectivity index (χ2n) is 7.58. The number of carbonyl (C=O) groups is 2. The fourth-order valence-corrected chi connectivity index (χ4v) is 3.99. The fraction of sp³-hybridized carbons (Fsp3) is 0.565. The summed E-state index contributed by atoms with van der Waals surface area (Å²) in [7, 11) is 1.64. The molecule has 3 rings (SSSR count). The summed E-state index contributed by atoms with van der Waals surface area (Å²) >= 11 is 0. The summed E-state index contributed by atoms with van der Waals surface area (Å²) in [6, 6.07) is 0. The Morgan fingerprint density at radius 1 is 1.17 bits per heavy atom. The van der Waals surface area contributed by atoms with E-state index in [0.29, 0.717) is 38.0 Å². The minimum atomic E-state index is -0.265. The van der Waals surface area contributed by atoms with Crippen LogP contribution in [0.5, 0.6) is 5.75 Å². The second-order valence-corrected chi connectivity index (χ2v) is 7.58. The third-order valence-corrected chi connectivity index (χ3v) is 5.73. The first-order valence-electron chi connectivity index (χ1n) is 10.5. The van der Waals surface area contributed by atoms with E-state index < -0.39 is 0 Å². The molecule has 0 saturated carbocycles. The molecule has 0 N–H and O–H groups in total. The molecule has 2 heterocycles. The number of rotatable bonds is 9. The summed E-state index contributed by atoms with van der Waals surface area (Å²) in [5.41, 5.74) is 4.43. The molecule has 1 fully saturated rings. The highest BCUT2D eigenvalue weighted by Crippen LogP contribution is 2.37. The maximum Gasteiger partial charge on any atom is 0.339 e. The molecule has 1 aromatic carbocycles. The van der Waals surface area contributed by atoms with E-state index in [1.165, 1.54) is 0 Å². The summed E-state index contributed by atoms with van der Waals surface area (Å²) in [6.07, 6.45) is 5.58. The van der Waals surface area contributed by atoms with Crippen LogP contribution in [0.15, 0.2) is 12.2 Å². The van der Waals surface area contributed by atoms with Crippen molar-refractivity contribution in [3.8, 4) is 5.75 Å². The molecule has 7 heteroatoms. The van der Waals surface area contributed by atoms with Gasteiger partial charge in [0.25, 0.3) is 0 Å². The standard InChI is InChI=1S/C23H31NO6/c1-16-18(22(27-3)17(2)19-15-30-23(26)21(16)19)7-5-4-6-8-20(25)29-14-11-24-9-12-28-13-10-24/h4-5H,6-15H2,1-3H3/b5-4+. The van der Waals surface area contributed by atoms with Crippen molar-refractivity contribution in [2.45, 2.75) is 39.7 Å². The predicted octanol–water partition coefficient (Wildman–Crippen LogP) is 2.74. The lowest BCUT2D eigenvalue weighted by molar-refractivity contribution is -0.144. The van der Waals surface area contributed by atoms with Gasteiger partial charge in [0.05, 0.1) is 25.9 Å². The van der Waals surface area contributed by atoms with Crippen LogP contribution < -0.4 is 4.74 Å². The Balaban J connectivity index is 1.47. The number of benzene rings is 1. The normalized spacial score (nSPS) is 16.6. The number of ether oxygens (including phenoxy) is 4. The maximum atomic E-state index is 12.1. The number of carbonyl (C=O) groups excluding carboxylic acids is 2. The first-order valence-corrected chi connectivity index (χ1v) is 10.5. The molecule has 0 aromatic heterocycles. The average Bonchev–Trinajstić information content (AvgIpc) is 3.14.